The normalized spacial score (nSPS) is 15.6. The lowest BCUT2D eigenvalue weighted by molar-refractivity contribution is 0.0730. The van der Waals surface area contributed by atoms with Crippen LogP contribution in [0.3, 0.4) is 0 Å². The Labute approximate surface area is 176 Å². The van der Waals surface area contributed by atoms with Gasteiger partial charge >= 0.3 is 0 Å². The molecule has 0 bridgehead atoms. The fraction of sp³-hybridized carbons (Fsp3) is 0.368. The van der Waals surface area contributed by atoms with Gasteiger partial charge in [0.2, 0.25) is 10.0 Å². The smallest absolute Gasteiger partial charge is 0.264 e. The minimum Gasteiger partial charge on any atom is -0.493 e. The second kappa shape index (κ2) is 8.80. The van der Waals surface area contributed by atoms with Crippen molar-refractivity contribution in [2.45, 2.75) is 9.79 Å². The van der Waals surface area contributed by atoms with E-state index in [2.05, 4.69) is 0 Å². The Bertz CT molecular complexity index is 1090. The quantitative estimate of drug-likeness (QED) is 0.623. The molecule has 1 fully saturated rings. The van der Waals surface area contributed by atoms with Gasteiger partial charge < -0.3 is 14.2 Å². The van der Waals surface area contributed by atoms with Crippen LogP contribution in [-0.4, -0.2) is 68.7 Å². The Balaban J connectivity index is 1.88. The summed E-state index contributed by atoms with van der Waals surface area (Å²) in [6.45, 7) is 1.21. The van der Waals surface area contributed by atoms with E-state index in [1.165, 1.54) is 49.8 Å². The van der Waals surface area contributed by atoms with Crippen LogP contribution >= 0.6 is 0 Å². The Morgan fingerprint density at radius 2 is 1.43 bits per heavy atom. The van der Waals surface area contributed by atoms with Gasteiger partial charge in [0.15, 0.2) is 11.5 Å². The fourth-order valence-electron chi connectivity index (χ4n) is 3.04. The molecule has 2 aromatic carbocycles. The summed E-state index contributed by atoms with van der Waals surface area (Å²) in [5, 5.41) is 0. The average Bonchev–Trinajstić information content (AvgIpc) is 2.78. The van der Waals surface area contributed by atoms with E-state index in [1.807, 2.05) is 0 Å². The molecular formula is C19H24N2O7S2. The van der Waals surface area contributed by atoms with Crippen molar-refractivity contribution in [3.05, 3.63) is 42.5 Å². The molecule has 1 aliphatic rings. The molecule has 0 aromatic heterocycles. The number of sulfonamides is 2. The molecule has 1 aliphatic heterocycles. The summed E-state index contributed by atoms with van der Waals surface area (Å²) in [6.07, 6.45) is 0. The third kappa shape index (κ3) is 4.24. The molecule has 3 rings (SSSR count). The predicted molar refractivity (Wildman–Crippen MR) is 111 cm³/mol. The topological polar surface area (TPSA) is 102 Å². The van der Waals surface area contributed by atoms with Crippen LogP contribution < -0.4 is 13.8 Å². The third-order valence-electron chi connectivity index (χ3n) is 4.82. The summed E-state index contributed by atoms with van der Waals surface area (Å²) in [5.41, 5.74) is 0.373. The number of ether oxygens (including phenoxy) is 3. The lowest BCUT2D eigenvalue weighted by atomic mass is 10.3. The van der Waals surface area contributed by atoms with Gasteiger partial charge in [0, 0.05) is 26.2 Å². The first-order chi connectivity index (χ1) is 14.2. The highest BCUT2D eigenvalue weighted by Gasteiger charge is 2.28. The maximum absolute atomic E-state index is 13.0. The van der Waals surface area contributed by atoms with E-state index in [1.54, 1.807) is 18.2 Å². The molecule has 30 heavy (non-hydrogen) atoms. The van der Waals surface area contributed by atoms with Gasteiger partial charge in [-0.1, -0.05) is 0 Å². The zero-order chi connectivity index (χ0) is 21.9. The molecule has 0 atom stereocenters. The Morgan fingerprint density at radius 1 is 0.867 bits per heavy atom. The van der Waals surface area contributed by atoms with Crippen LogP contribution in [0.5, 0.6) is 11.5 Å². The first-order valence-corrected chi connectivity index (χ1v) is 12.0. The maximum atomic E-state index is 13.0. The van der Waals surface area contributed by atoms with Gasteiger partial charge in [-0.15, -0.1) is 0 Å². The monoisotopic (exact) mass is 456 g/mol. The van der Waals surface area contributed by atoms with E-state index < -0.39 is 20.0 Å². The predicted octanol–water partition coefficient (Wildman–Crippen LogP) is 1.55. The standard InChI is InChI=1S/C19H24N2O7S2/c1-20(15-4-9-18(26-2)19(14-15)27-3)29(22,23)16-5-7-17(8-6-16)30(24,25)21-10-12-28-13-11-21/h4-9,14H,10-13H2,1-3H3. The van der Waals surface area contributed by atoms with E-state index in [0.717, 1.165) is 4.31 Å². The highest BCUT2D eigenvalue weighted by molar-refractivity contribution is 7.92. The van der Waals surface area contributed by atoms with E-state index in [9.17, 15) is 16.8 Å². The van der Waals surface area contributed by atoms with Crippen molar-refractivity contribution in [2.75, 3.05) is 51.9 Å². The van der Waals surface area contributed by atoms with Gasteiger partial charge in [-0.2, -0.15) is 4.31 Å². The second-order valence-electron chi connectivity index (χ2n) is 6.50. The molecule has 0 radical (unpaired) electrons. The van der Waals surface area contributed by atoms with Gasteiger partial charge in [0.25, 0.3) is 10.0 Å². The van der Waals surface area contributed by atoms with Crippen LogP contribution in [-0.2, 0) is 24.8 Å². The summed E-state index contributed by atoms with van der Waals surface area (Å²) < 4.78 is 69.5. The maximum Gasteiger partial charge on any atom is 0.264 e. The van der Waals surface area contributed by atoms with Gasteiger partial charge in [-0.3, -0.25) is 4.31 Å². The second-order valence-corrected chi connectivity index (χ2v) is 10.4. The average molecular weight is 457 g/mol. The number of morpholine rings is 1. The minimum absolute atomic E-state index is 0.0271. The van der Waals surface area contributed by atoms with Crippen molar-refractivity contribution in [1.29, 1.82) is 0 Å². The van der Waals surface area contributed by atoms with Gasteiger partial charge in [-0.25, -0.2) is 16.8 Å². The molecule has 0 aliphatic carbocycles. The molecule has 0 saturated carbocycles. The van der Waals surface area contributed by atoms with Crippen molar-refractivity contribution in [3.8, 4) is 11.5 Å². The van der Waals surface area contributed by atoms with E-state index in [4.69, 9.17) is 14.2 Å². The molecule has 11 heteroatoms. The largest absolute Gasteiger partial charge is 0.493 e. The van der Waals surface area contributed by atoms with Crippen LogP contribution in [0.4, 0.5) is 5.69 Å². The van der Waals surface area contributed by atoms with Crippen LogP contribution in [0.1, 0.15) is 0 Å². The molecule has 1 heterocycles. The molecule has 0 N–H and O–H groups in total. The number of benzene rings is 2. The fourth-order valence-corrected chi connectivity index (χ4v) is 5.63. The number of rotatable bonds is 7. The van der Waals surface area contributed by atoms with Crippen molar-refractivity contribution in [2.24, 2.45) is 0 Å². The minimum atomic E-state index is -3.92. The van der Waals surface area contributed by atoms with Crippen molar-refractivity contribution < 1.29 is 31.0 Å². The first kappa shape index (κ1) is 22.3. The lowest BCUT2D eigenvalue weighted by Gasteiger charge is -2.26. The molecule has 0 unspecified atom stereocenters. The Kier molecular flexibility index (Phi) is 6.56. The number of methoxy groups -OCH3 is 2. The van der Waals surface area contributed by atoms with Crippen LogP contribution in [0, 0.1) is 0 Å². The Morgan fingerprint density at radius 3 is 2.00 bits per heavy atom. The number of hydrogen-bond acceptors (Lipinski definition) is 7. The summed E-state index contributed by atoms with van der Waals surface area (Å²) in [6, 6.07) is 9.95. The van der Waals surface area contributed by atoms with E-state index >= 15 is 0 Å². The third-order valence-corrected chi connectivity index (χ3v) is 8.53. The van der Waals surface area contributed by atoms with Crippen LogP contribution in [0.25, 0.3) is 0 Å². The van der Waals surface area contributed by atoms with E-state index in [-0.39, 0.29) is 22.9 Å². The SMILES string of the molecule is COc1ccc(N(C)S(=O)(=O)c2ccc(S(=O)(=O)N3CCOCC3)cc2)cc1OC. The van der Waals surface area contributed by atoms with E-state index in [0.29, 0.717) is 30.4 Å². The molecular weight excluding hydrogens is 432 g/mol. The molecule has 0 amide bonds. The zero-order valence-electron chi connectivity index (χ0n) is 16.9. The van der Waals surface area contributed by atoms with Crippen molar-refractivity contribution in [1.82, 2.24) is 4.31 Å². The molecule has 2 aromatic rings. The number of hydrogen-bond donors (Lipinski definition) is 0. The van der Waals surface area contributed by atoms with Gasteiger partial charge in [-0.05, 0) is 36.4 Å². The van der Waals surface area contributed by atoms with Crippen molar-refractivity contribution in [3.63, 3.8) is 0 Å². The van der Waals surface area contributed by atoms with Gasteiger partial charge in [0.05, 0.1) is 42.9 Å². The molecule has 9 nitrogen and oxygen atoms in total. The molecule has 1 saturated heterocycles. The molecule has 0 spiro atoms. The summed E-state index contributed by atoms with van der Waals surface area (Å²) >= 11 is 0. The van der Waals surface area contributed by atoms with Gasteiger partial charge in [0.1, 0.15) is 0 Å². The highest BCUT2D eigenvalue weighted by Crippen LogP contribution is 2.33. The zero-order valence-corrected chi connectivity index (χ0v) is 18.6. The van der Waals surface area contributed by atoms with Crippen LogP contribution in [0.15, 0.2) is 52.3 Å². The lowest BCUT2D eigenvalue weighted by Crippen LogP contribution is -2.40. The van der Waals surface area contributed by atoms with Crippen LogP contribution in [0.2, 0.25) is 0 Å². The first-order valence-electron chi connectivity index (χ1n) is 9.10. The van der Waals surface area contributed by atoms with Crippen molar-refractivity contribution >= 4 is 25.7 Å². The summed E-state index contributed by atoms with van der Waals surface area (Å²) in [4.78, 5) is 0.0119. The summed E-state index contributed by atoms with van der Waals surface area (Å²) in [7, 11) is -3.25. The number of nitrogens with zero attached hydrogens (tertiary/aromatic N) is 2. The number of anilines is 1. The summed E-state index contributed by atoms with van der Waals surface area (Å²) in [5.74, 6) is 0.869. The molecule has 164 valence electrons. The Hall–Kier alpha value is -2.34. The highest BCUT2D eigenvalue weighted by atomic mass is 32.2.